The molecule has 14 heteroatoms. The van der Waals surface area contributed by atoms with Gasteiger partial charge in [-0.3, -0.25) is 0 Å². The van der Waals surface area contributed by atoms with Crippen molar-refractivity contribution < 1.29 is 47.5 Å². The van der Waals surface area contributed by atoms with Gasteiger partial charge in [-0.1, -0.05) is 6.92 Å². The lowest BCUT2D eigenvalue weighted by Crippen LogP contribution is -2.80. The molecule has 144 valence electrons. The third-order valence-corrected chi connectivity index (χ3v) is 14.3. The molecule has 0 amide bonds. The Morgan fingerprint density at radius 3 is 1.71 bits per heavy atom. The first-order chi connectivity index (χ1) is 10.5. The smallest absolute Gasteiger partial charge is 0.404 e. The van der Waals surface area contributed by atoms with Gasteiger partial charge in [0.05, 0.1) is 6.10 Å². The van der Waals surface area contributed by atoms with Gasteiger partial charge < -0.3 is 17.1 Å². The van der Waals surface area contributed by atoms with Crippen molar-refractivity contribution >= 4 is 26.0 Å². The molecule has 1 fully saturated rings. The Labute approximate surface area is 138 Å². The maximum absolute atomic E-state index is 15.2. The molecule has 0 spiro atoms. The molecule has 1 aliphatic heterocycles. The lowest BCUT2D eigenvalue weighted by atomic mass is 10.4. The second-order valence-corrected chi connectivity index (χ2v) is 15.4. The number of halogens is 7. The summed E-state index contributed by atoms with van der Waals surface area (Å²) in [5, 5.41) is 0. The number of rotatable bonds is 4. The summed E-state index contributed by atoms with van der Waals surface area (Å²) >= 11 is 0. The lowest BCUT2D eigenvalue weighted by Gasteiger charge is -2.49. The summed E-state index contributed by atoms with van der Waals surface area (Å²) in [7, 11) is -16.5. The van der Waals surface area contributed by atoms with E-state index < -0.39 is 49.4 Å². The molecule has 0 aromatic heterocycles. The van der Waals surface area contributed by atoms with E-state index in [1.807, 2.05) is 0 Å². The van der Waals surface area contributed by atoms with E-state index in [0.717, 1.165) is 13.1 Å². The quantitative estimate of drug-likeness (QED) is 0.391. The van der Waals surface area contributed by atoms with Crippen LogP contribution in [0, 0.1) is 0 Å². The van der Waals surface area contributed by atoms with Gasteiger partial charge in [-0.25, -0.2) is 4.11 Å². The zero-order valence-corrected chi connectivity index (χ0v) is 16.6. The molecule has 0 N–H and O–H groups in total. The van der Waals surface area contributed by atoms with Crippen LogP contribution in [-0.2, 0) is 17.1 Å². The second-order valence-electron chi connectivity index (χ2n) is 5.98. The SMILES string of the molecule is CCC(OC(C)C)[Si]1(F)O[Si](C)(C)O[Si](C(F)(F)F)(C(F)(F)F)O1. The largest absolute Gasteiger partial charge is 0.558 e. The Morgan fingerprint density at radius 2 is 1.38 bits per heavy atom. The topological polar surface area (TPSA) is 36.9 Å². The minimum Gasteiger partial charge on any atom is -0.404 e. The van der Waals surface area contributed by atoms with Crippen molar-refractivity contribution in [3.63, 3.8) is 0 Å². The molecule has 2 unspecified atom stereocenters. The van der Waals surface area contributed by atoms with Crippen molar-refractivity contribution in [1.29, 1.82) is 0 Å². The van der Waals surface area contributed by atoms with Crippen molar-refractivity contribution in [2.45, 2.75) is 63.7 Å². The molecular formula is C10H19F7O4Si3. The van der Waals surface area contributed by atoms with Gasteiger partial charge in [0, 0.05) is 0 Å². The predicted octanol–water partition coefficient (Wildman–Crippen LogP) is 4.05. The zero-order chi connectivity index (χ0) is 19.2. The summed E-state index contributed by atoms with van der Waals surface area (Å²) in [4.78, 5) is 0. The van der Waals surface area contributed by atoms with Gasteiger partial charge in [0.1, 0.15) is 5.73 Å². The Bertz CT molecular complexity index is 443. The van der Waals surface area contributed by atoms with E-state index in [1.165, 1.54) is 20.8 Å². The highest BCUT2D eigenvalue weighted by Gasteiger charge is 2.86. The molecule has 1 rings (SSSR count). The normalized spacial score (nSPS) is 28.9. The maximum atomic E-state index is 15.2. The van der Waals surface area contributed by atoms with E-state index in [9.17, 15) is 26.3 Å². The highest BCUT2D eigenvalue weighted by molar-refractivity contribution is 6.93. The third-order valence-electron chi connectivity index (χ3n) is 3.00. The fraction of sp³-hybridized carbons (Fsp3) is 1.00. The fourth-order valence-corrected chi connectivity index (χ4v) is 15.0. The average Bonchev–Trinajstić information content (AvgIpc) is 2.30. The average molecular weight is 421 g/mol. The number of hydrogen-bond acceptors (Lipinski definition) is 4. The predicted molar refractivity (Wildman–Crippen MR) is 75.8 cm³/mol. The van der Waals surface area contributed by atoms with Crippen LogP contribution in [0.1, 0.15) is 27.2 Å². The zero-order valence-electron chi connectivity index (χ0n) is 13.6. The summed E-state index contributed by atoms with van der Waals surface area (Å²) in [6.07, 6.45) is -0.839. The first kappa shape index (κ1) is 22.0. The Hall–Kier alpha value is 0.000649. The van der Waals surface area contributed by atoms with E-state index in [-0.39, 0.29) is 6.42 Å². The maximum Gasteiger partial charge on any atom is 0.558 e. The summed E-state index contributed by atoms with van der Waals surface area (Å²) in [5.74, 6) is -11.8. The molecule has 0 aromatic carbocycles. The van der Waals surface area contributed by atoms with Gasteiger partial charge >= 0.3 is 37.6 Å². The molecular weight excluding hydrogens is 401 g/mol. The van der Waals surface area contributed by atoms with Crippen molar-refractivity contribution in [3.05, 3.63) is 0 Å². The first-order valence-electron chi connectivity index (χ1n) is 7.08. The fourth-order valence-electron chi connectivity index (χ4n) is 2.21. The third kappa shape index (κ3) is 4.21. The number of ether oxygens (including phenoxy) is 1. The van der Waals surface area contributed by atoms with Crippen LogP contribution in [0.15, 0.2) is 0 Å². The van der Waals surface area contributed by atoms with Gasteiger partial charge in [-0.2, -0.15) is 26.3 Å². The van der Waals surface area contributed by atoms with Crippen LogP contribution in [0.4, 0.5) is 30.5 Å². The molecule has 0 aromatic rings. The summed E-state index contributed by atoms with van der Waals surface area (Å²) in [6, 6.07) is 0. The van der Waals surface area contributed by atoms with Gasteiger partial charge in [-0.15, -0.1) is 0 Å². The first-order valence-corrected chi connectivity index (χ1v) is 13.5. The molecule has 24 heavy (non-hydrogen) atoms. The van der Waals surface area contributed by atoms with Crippen LogP contribution in [-0.4, -0.2) is 49.4 Å². The van der Waals surface area contributed by atoms with Crippen molar-refractivity contribution in [1.82, 2.24) is 0 Å². The molecule has 1 heterocycles. The second kappa shape index (κ2) is 6.62. The van der Waals surface area contributed by atoms with Crippen LogP contribution in [0.3, 0.4) is 0 Å². The summed E-state index contributed by atoms with van der Waals surface area (Å²) in [5.41, 5.74) is -1.63. The Kier molecular flexibility index (Phi) is 6.08. The molecule has 0 saturated carbocycles. The van der Waals surface area contributed by atoms with Gasteiger partial charge in [-0.05, 0) is 33.4 Å². The number of hydrogen-bond donors (Lipinski definition) is 0. The van der Waals surface area contributed by atoms with E-state index >= 15 is 4.11 Å². The van der Waals surface area contributed by atoms with Crippen LogP contribution in [0.5, 0.6) is 0 Å². The number of alkyl halides is 6. The molecule has 4 nitrogen and oxygen atoms in total. The minimum absolute atomic E-state index is 0.203. The van der Waals surface area contributed by atoms with E-state index in [2.05, 4.69) is 8.23 Å². The van der Waals surface area contributed by atoms with E-state index in [1.54, 1.807) is 0 Å². The van der Waals surface area contributed by atoms with Gasteiger partial charge in [0.25, 0.3) is 0 Å². The Balaban J connectivity index is 3.45. The van der Waals surface area contributed by atoms with Crippen molar-refractivity contribution in [2.75, 3.05) is 0 Å². The standard InChI is InChI=1S/C10H19F7O4Si3/c1-6-8(18-7(2)3)23(17)19-22(4,5)20-24(21-23,9(11,12)13)10(14,15)16/h7-8H,6H2,1-5H3. The molecule has 1 saturated heterocycles. The minimum atomic E-state index is -6.94. The highest BCUT2D eigenvalue weighted by Crippen LogP contribution is 2.49. The monoisotopic (exact) mass is 420 g/mol. The van der Waals surface area contributed by atoms with Crippen molar-refractivity contribution in [2.24, 2.45) is 0 Å². The van der Waals surface area contributed by atoms with Crippen LogP contribution in [0.2, 0.25) is 13.1 Å². The summed E-state index contributed by atoms with van der Waals surface area (Å²) < 4.78 is 113. The Morgan fingerprint density at radius 1 is 0.917 bits per heavy atom. The highest BCUT2D eigenvalue weighted by atomic mass is 28.5. The van der Waals surface area contributed by atoms with Crippen LogP contribution < -0.4 is 0 Å². The summed E-state index contributed by atoms with van der Waals surface area (Å²) in [6.45, 7) is 6.17. The van der Waals surface area contributed by atoms with Crippen LogP contribution in [0.25, 0.3) is 0 Å². The van der Waals surface area contributed by atoms with E-state index in [4.69, 9.17) is 8.85 Å². The van der Waals surface area contributed by atoms with Crippen LogP contribution >= 0.6 is 0 Å². The van der Waals surface area contributed by atoms with E-state index in [0.29, 0.717) is 0 Å². The van der Waals surface area contributed by atoms with Gasteiger partial charge in [0.15, 0.2) is 0 Å². The molecule has 0 radical (unpaired) electrons. The molecule has 2 atom stereocenters. The van der Waals surface area contributed by atoms with Gasteiger partial charge in [0.2, 0.25) is 0 Å². The molecule has 0 aliphatic carbocycles. The molecule has 0 bridgehead atoms. The van der Waals surface area contributed by atoms with Crippen molar-refractivity contribution in [3.8, 4) is 0 Å². The molecule has 1 aliphatic rings. The lowest BCUT2D eigenvalue weighted by molar-refractivity contribution is -0.161.